The smallest absolute Gasteiger partial charge is 0.259 e. The van der Waals surface area contributed by atoms with Gasteiger partial charge in [-0.25, -0.2) is 4.68 Å². The van der Waals surface area contributed by atoms with Crippen LogP contribution in [-0.4, -0.2) is 46.7 Å². The molecule has 0 saturated carbocycles. The van der Waals surface area contributed by atoms with Crippen LogP contribution in [0.1, 0.15) is 40.5 Å². The number of amides is 2. The van der Waals surface area contributed by atoms with Crippen molar-refractivity contribution in [1.29, 1.82) is 0 Å². The molecule has 174 valence electrons. The molecule has 0 aliphatic heterocycles. The van der Waals surface area contributed by atoms with Gasteiger partial charge in [0.15, 0.2) is 0 Å². The predicted molar refractivity (Wildman–Crippen MR) is 130 cm³/mol. The van der Waals surface area contributed by atoms with Gasteiger partial charge in [-0.2, -0.15) is 5.10 Å². The summed E-state index contributed by atoms with van der Waals surface area (Å²) in [6.45, 7) is 6.49. The summed E-state index contributed by atoms with van der Waals surface area (Å²) in [6.07, 6.45) is 0.696. The van der Waals surface area contributed by atoms with E-state index in [0.29, 0.717) is 42.2 Å². The zero-order valence-corrected chi connectivity index (χ0v) is 20.1. The van der Waals surface area contributed by atoms with Crippen molar-refractivity contribution in [1.82, 2.24) is 14.7 Å². The van der Waals surface area contributed by atoms with Crippen molar-refractivity contribution < 1.29 is 14.3 Å². The second-order valence-corrected chi connectivity index (χ2v) is 8.23. The maximum Gasteiger partial charge on any atom is 0.259 e. The van der Waals surface area contributed by atoms with Crippen molar-refractivity contribution in [3.05, 3.63) is 76.1 Å². The van der Waals surface area contributed by atoms with E-state index < -0.39 is 0 Å². The van der Waals surface area contributed by atoms with Gasteiger partial charge in [-0.15, -0.1) is 0 Å². The number of rotatable bonds is 9. The molecule has 0 aliphatic carbocycles. The number of ether oxygens (including phenoxy) is 1. The number of nitrogens with zero attached hydrogens (tertiary/aromatic N) is 3. The Hall–Kier alpha value is -3.32. The Morgan fingerprint density at radius 2 is 1.82 bits per heavy atom. The van der Waals surface area contributed by atoms with Crippen LogP contribution in [0.2, 0.25) is 5.15 Å². The lowest BCUT2D eigenvalue weighted by Gasteiger charge is -2.22. The molecule has 8 heteroatoms. The van der Waals surface area contributed by atoms with E-state index >= 15 is 0 Å². The molecule has 2 aromatic carbocycles. The summed E-state index contributed by atoms with van der Waals surface area (Å²) in [7, 11) is 1.54. The number of anilines is 1. The molecule has 3 aromatic rings. The van der Waals surface area contributed by atoms with Crippen LogP contribution in [0.3, 0.4) is 0 Å². The summed E-state index contributed by atoms with van der Waals surface area (Å²) >= 11 is 6.59. The first-order valence-corrected chi connectivity index (χ1v) is 11.2. The van der Waals surface area contributed by atoms with Crippen LogP contribution >= 0.6 is 11.6 Å². The van der Waals surface area contributed by atoms with E-state index in [0.717, 1.165) is 5.56 Å². The highest BCUT2D eigenvalue weighted by Crippen LogP contribution is 2.25. The van der Waals surface area contributed by atoms with Crippen molar-refractivity contribution in [2.45, 2.75) is 33.7 Å². The van der Waals surface area contributed by atoms with Crippen LogP contribution in [0.5, 0.6) is 5.75 Å². The van der Waals surface area contributed by atoms with Crippen LogP contribution < -0.4 is 10.1 Å². The van der Waals surface area contributed by atoms with Crippen LogP contribution in [0.25, 0.3) is 0 Å². The molecule has 0 unspecified atom stereocenters. The summed E-state index contributed by atoms with van der Waals surface area (Å²) in [4.78, 5) is 27.6. The van der Waals surface area contributed by atoms with Gasteiger partial charge in [0.2, 0.25) is 5.91 Å². The fourth-order valence-electron chi connectivity index (χ4n) is 3.56. The van der Waals surface area contributed by atoms with E-state index in [2.05, 4.69) is 10.4 Å². The number of halogens is 1. The molecule has 0 spiro atoms. The molecule has 0 aliphatic rings. The highest BCUT2D eigenvalue weighted by molar-refractivity contribution is 6.33. The first-order chi connectivity index (χ1) is 15.8. The molecule has 0 saturated heterocycles. The standard InChI is InChI=1S/C25H29ClN4O3/c1-5-14-29(16-22(31)27-20-8-6-7-9-21(20)33-4)25(32)23-18(3)28-30(24(23)26)15-19-12-10-17(2)11-13-19/h6-13H,5,14-16H2,1-4H3,(H,27,31). The molecular weight excluding hydrogens is 440 g/mol. The monoisotopic (exact) mass is 468 g/mol. The molecule has 33 heavy (non-hydrogen) atoms. The normalized spacial score (nSPS) is 10.7. The third kappa shape index (κ3) is 5.93. The highest BCUT2D eigenvalue weighted by Gasteiger charge is 2.26. The molecule has 0 bridgehead atoms. The van der Waals surface area contributed by atoms with Crippen LogP contribution in [0.15, 0.2) is 48.5 Å². The van der Waals surface area contributed by atoms with E-state index in [4.69, 9.17) is 16.3 Å². The van der Waals surface area contributed by atoms with E-state index in [1.165, 1.54) is 17.6 Å². The molecule has 7 nitrogen and oxygen atoms in total. The number of aromatic nitrogens is 2. The topological polar surface area (TPSA) is 76.5 Å². The van der Waals surface area contributed by atoms with E-state index in [1.807, 2.05) is 44.2 Å². The summed E-state index contributed by atoms with van der Waals surface area (Å²) in [5.41, 5.74) is 3.60. The summed E-state index contributed by atoms with van der Waals surface area (Å²) in [5, 5.41) is 7.57. The molecule has 2 amide bonds. The highest BCUT2D eigenvalue weighted by atomic mass is 35.5. The zero-order valence-electron chi connectivity index (χ0n) is 19.4. The average molecular weight is 469 g/mol. The minimum Gasteiger partial charge on any atom is -0.495 e. The van der Waals surface area contributed by atoms with Crippen molar-refractivity contribution >= 4 is 29.1 Å². The number of hydrogen-bond acceptors (Lipinski definition) is 4. The fourth-order valence-corrected chi connectivity index (χ4v) is 3.87. The van der Waals surface area contributed by atoms with Gasteiger partial charge in [0.05, 0.1) is 30.6 Å². The lowest BCUT2D eigenvalue weighted by Crippen LogP contribution is -2.38. The number of carbonyl (C=O) groups excluding carboxylic acids is 2. The quantitative estimate of drug-likeness (QED) is 0.493. The van der Waals surface area contributed by atoms with Gasteiger partial charge < -0.3 is 15.0 Å². The third-order valence-corrected chi connectivity index (χ3v) is 5.61. The van der Waals surface area contributed by atoms with Crippen molar-refractivity contribution in [2.24, 2.45) is 0 Å². The molecule has 1 N–H and O–H groups in total. The van der Waals surface area contributed by atoms with E-state index in [9.17, 15) is 9.59 Å². The van der Waals surface area contributed by atoms with Gasteiger partial charge >= 0.3 is 0 Å². The Morgan fingerprint density at radius 1 is 1.12 bits per heavy atom. The number of para-hydroxylation sites is 2. The van der Waals surface area contributed by atoms with E-state index in [-0.39, 0.29) is 23.5 Å². The zero-order chi connectivity index (χ0) is 24.0. The SMILES string of the molecule is CCCN(CC(=O)Nc1ccccc1OC)C(=O)c1c(C)nn(Cc2ccc(C)cc2)c1Cl. The number of carbonyl (C=O) groups is 2. The fraction of sp³-hybridized carbons (Fsp3) is 0.320. The number of aryl methyl sites for hydroxylation is 2. The average Bonchev–Trinajstić information content (AvgIpc) is 3.07. The van der Waals surface area contributed by atoms with Crippen LogP contribution in [0.4, 0.5) is 5.69 Å². The molecule has 1 aromatic heterocycles. The van der Waals surface area contributed by atoms with Gasteiger partial charge in [0.25, 0.3) is 5.91 Å². The Kier molecular flexibility index (Phi) is 8.11. The Morgan fingerprint density at radius 3 is 2.48 bits per heavy atom. The number of benzene rings is 2. The Labute approximate surface area is 199 Å². The summed E-state index contributed by atoms with van der Waals surface area (Å²) < 4.78 is 6.90. The lowest BCUT2D eigenvalue weighted by molar-refractivity contribution is -0.116. The number of methoxy groups -OCH3 is 1. The first-order valence-electron chi connectivity index (χ1n) is 10.8. The van der Waals surface area contributed by atoms with Gasteiger partial charge in [-0.3, -0.25) is 9.59 Å². The molecule has 1 heterocycles. The molecule has 0 radical (unpaired) electrons. The van der Waals surface area contributed by atoms with E-state index in [1.54, 1.807) is 29.8 Å². The predicted octanol–water partition coefficient (Wildman–Crippen LogP) is 4.70. The minimum absolute atomic E-state index is 0.108. The number of hydrogen-bond donors (Lipinski definition) is 1. The van der Waals surface area contributed by atoms with Gasteiger partial charge in [0, 0.05) is 6.54 Å². The van der Waals surface area contributed by atoms with Crippen molar-refractivity contribution in [2.75, 3.05) is 25.5 Å². The maximum absolute atomic E-state index is 13.4. The van der Waals surface area contributed by atoms with Crippen molar-refractivity contribution in [3.63, 3.8) is 0 Å². The summed E-state index contributed by atoms with van der Waals surface area (Å²) in [6, 6.07) is 15.2. The van der Waals surface area contributed by atoms with Gasteiger partial charge in [0.1, 0.15) is 17.4 Å². The largest absolute Gasteiger partial charge is 0.495 e. The molecule has 3 rings (SSSR count). The summed E-state index contributed by atoms with van der Waals surface area (Å²) in [5.74, 6) is -0.0812. The van der Waals surface area contributed by atoms with Crippen LogP contribution in [0, 0.1) is 13.8 Å². The lowest BCUT2D eigenvalue weighted by atomic mass is 10.1. The third-order valence-electron chi connectivity index (χ3n) is 5.23. The second-order valence-electron chi connectivity index (χ2n) is 7.87. The van der Waals surface area contributed by atoms with Gasteiger partial charge in [-0.1, -0.05) is 60.5 Å². The first kappa shape index (κ1) is 24.3. The minimum atomic E-state index is -0.317. The van der Waals surface area contributed by atoms with Gasteiger partial charge in [-0.05, 0) is 38.0 Å². The Bertz CT molecular complexity index is 1130. The molecule has 0 atom stereocenters. The second kappa shape index (κ2) is 11.0. The Balaban J connectivity index is 1.78. The van der Waals surface area contributed by atoms with Crippen molar-refractivity contribution in [3.8, 4) is 5.75 Å². The maximum atomic E-state index is 13.4. The van der Waals surface area contributed by atoms with Crippen LogP contribution in [-0.2, 0) is 11.3 Å². The molecular formula is C25H29ClN4O3. The number of nitrogens with one attached hydrogen (secondary N) is 1. The molecule has 0 fully saturated rings.